The molecule has 90 valence electrons. The van der Waals surface area contributed by atoms with Crippen LogP contribution < -0.4 is 5.32 Å². The fourth-order valence-corrected chi connectivity index (χ4v) is 2.60. The van der Waals surface area contributed by atoms with Crippen LogP contribution in [0.1, 0.15) is 36.8 Å². The van der Waals surface area contributed by atoms with Gasteiger partial charge in [-0.05, 0) is 25.3 Å². The minimum atomic E-state index is 0.202. The Bertz CT molecular complexity index is 406. The number of rotatable bonds is 3. The van der Waals surface area contributed by atoms with Gasteiger partial charge in [0.15, 0.2) is 0 Å². The highest BCUT2D eigenvalue weighted by atomic mass is 14.9. The third kappa shape index (κ3) is 3.31. The first-order valence-corrected chi connectivity index (χ1v) is 6.48. The van der Waals surface area contributed by atoms with Crippen molar-refractivity contribution in [3.05, 3.63) is 35.4 Å². The second-order valence-corrected chi connectivity index (χ2v) is 5.00. The molecule has 1 N–H and O–H groups in total. The first-order chi connectivity index (χ1) is 8.29. The Labute approximate surface area is 104 Å². The van der Waals surface area contributed by atoms with Crippen LogP contribution in [0, 0.1) is 24.2 Å². The van der Waals surface area contributed by atoms with Crippen molar-refractivity contribution in [3.8, 4) is 6.07 Å². The van der Waals surface area contributed by atoms with E-state index < -0.39 is 0 Å². The van der Waals surface area contributed by atoms with Crippen LogP contribution in [0.3, 0.4) is 0 Å². The lowest BCUT2D eigenvalue weighted by atomic mass is 9.85. The van der Waals surface area contributed by atoms with E-state index in [0.29, 0.717) is 6.04 Å². The molecular formula is C15H20N2. The Morgan fingerprint density at radius 1 is 1.35 bits per heavy atom. The van der Waals surface area contributed by atoms with Crippen molar-refractivity contribution in [2.24, 2.45) is 5.92 Å². The quantitative estimate of drug-likeness (QED) is 0.862. The van der Waals surface area contributed by atoms with Crippen molar-refractivity contribution in [2.45, 2.75) is 45.2 Å². The Balaban J connectivity index is 1.91. The van der Waals surface area contributed by atoms with E-state index in [2.05, 4.69) is 42.6 Å². The monoisotopic (exact) mass is 228 g/mol. The van der Waals surface area contributed by atoms with E-state index in [4.69, 9.17) is 5.26 Å². The molecule has 1 aliphatic rings. The zero-order chi connectivity index (χ0) is 12.1. The van der Waals surface area contributed by atoms with Crippen LogP contribution in [0.4, 0.5) is 0 Å². The van der Waals surface area contributed by atoms with Crippen molar-refractivity contribution in [1.82, 2.24) is 5.32 Å². The van der Waals surface area contributed by atoms with Gasteiger partial charge in [-0.25, -0.2) is 0 Å². The van der Waals surface area contributed by atoms with Crippen molar-refractivity contribution in [2.75, 3.05) is 0 Å². The number of nitrogens with one attached hydrogen (secondary N) is 1. The number of benzene rings is 1. The Hall–Kier alpha value is -1.33. The van der Waals surface area contributed by atoms with E-state index in [1.54, 1.807) is 0 Å². The number of hydrogen-bond acceptors (Lipinski definition) is 2. The summed E-state index contributed by atoms with van der Waals surface area (Å²) >= 11 is 0. The standard InChI is InChI=1S/C15H20N2/c1-12-5-4-6-13(9-12)11-17-15-8-3-2-7-14(15)10-16/h4-6,9,14-15,17H,2-3,7-8,11H2,1H3. The maximum Gasteiger partial charge on any atom is 0.0672 e. The average Bonchev–Trinajstić information content (AvgIpc) is 2.37. The molecule has 0 bridgehead atoms. The lowest BCUT2D eigenvalue weighted by molar-refractivity contribution is 0.311. The van der Waals surface area contributed by atoms with Crippen LogP contribution in [0.25, 0.3) is 0 Å². The van der Waals surface area contributed by atoms with Gasteiger partial charge >= 0.3 is 0 Å². The van der Waals surface area contributed by atoms with E-state index in [-0.39, 0.29) is 5.92 Å². The van der Waals surface area contributed by atoms with Crippen molar-refractivity contribution >= 4 is 0 Å². The Kier molecular flexibility index (Phi) is 4.17. The molecule has 0 heterocycles. The summed E-state index contributed by atoms with van der Waals surface area (Å²) in [5, 5.41) is 12.7. The van der Waals surface area contributed by atoms with E-state index in [1.165, 1.54) is 24.0 Å². The van der Waals surface area contributed by atoms with Gasteiger partial charge in [-0.15, -0.1) is 0 Å². The lowest BCUT2D eigenvalue weighted by Crippen LogP contribution is -2.37. The number of aryl methyl sites for hydroxylation is 1. The topological polar surface area (TPSA) is 35.8 Å². The average molecular weight is 228 g/mol. The van der Waals surface area contributed by atoms with Gasteiger partial charge in [-0.2, -0.15) is 5.26 Å². The van der Waals surface area contributed by atoms with Gasteiger partial charge in [0.05, 0.1) is 12.0 Å². The van der Waals surface area contributed by atoms with Crippen LogP contribution >= 0.6 is 0 Å². The smallest absolute Gasteiger partial charge is 0.0672 e. The van der Waals surface area contributed by atoms with Gasteiger partial charge in [-0.1, -0.05) is 42.7 Å². The molecule has 0 amide bonds. The summed E-state index contributed by atoms with van der Waals surface area (Å²) in [7, 11) is 0. The minimum absolute atomic E-state index is 0.202. The highest BCUT2D eigenvalue weighted by molar-refractivity contribution is 5.22. The molecular weight excluding hydrogens is 208 g/mol. The van der Waals surface area contributed by atoms with Gasteiger partial charge in [0.25, 0.3) is 0 Å². The molecule has 0 saturated heterocycles. The predicted octanol–water partition coefficient (Wildman–Crippen LogP) is 3.17. The summed E-state index contributed by atoms with van der Waals surface area (Å²) in [6, 6.07) is 11.4. The number of nitrogens with zero attached hydrogens (tertiary/aromatic N) is 1. The molecule has 1 aromatic rings. The normalized spacial score (nSPS) is 24.2. The third-order valence-electron chi connectivity index (χ3n) is 3.58. The molecule has 0 aromatic heterocycles. The molecule has 1 aromatic carbocycles. The summed E-state index contributed by atoms with van der Waals surface area (Å²) in [5.74, 6) is 0.202. The minimum Gasteiger partial charge on any atom is -0.309 e. The van der Waals surface area contributed by atoms with Crippen molar-refractivity contribution < 1.29 is 0 Å². The third-order valence-corrected chi connectivity index (χ3v) is 3.58. The molecule has 0 spiro atoms. The lowest BCUT2D eigenvalue weighted by Gasteiger charge is -2.27. The van der Waals surface area contributed by atoms with E-state index >= 15 is 0 Å². The fraction of sp³-hybridized carbons (Fsp3) is 0.533. The summed E-state index contributed by atoms with van der Waals surface area (Å²) < 4.78 is 0. The zero-order valence-electron chi connectivity index (χ0n) is 10.4. The molecule has 0 aliphatic heterocycles. The molecule has 2 unspecified atom stereocenters. The molecule has 2 atom stereocenters. The van der Waals surface area contributed by atoms with E-state index in [1.807, 2.05) is 0 Å². The van der Waals surface area contributed by atoms with Crippen LogP contribution in [0.5, 0.6) is 0 Å². The van der Waals surface area contributed by atoms with Crippen LogP contribution in [-0.2, 0) is 6.54 Å². The van der Waals surface area contributed by atoms with Gasteiger partial charge in [0.1, 0.15) is 0 Å². The molecule has 1 aliphatic carbocycles. The number of nitriles is 1. The second-order valence-electron chi connectivity index (χ2n) is 5.00. The molecule has 0 radical (unpaired) electrons. The van der Waals surface area contributed by atoms with Crippen molar-refractivity contribution in [1.29, 1.82) is 5.26 Å². The first-order valence-electron chi connectivity index (χ1n) is 6.48. The predicted molar refractivity (Wildman–Crippen MR) is 69.4 cm³/mol. The molecule has 2 rings (SSSR count). The Morgan fingerprint density at radius 2 is 2.18 bits per heavy atom. The van der Waals surface area contributed by atoms with Gasteiger partial charge in [0.2, 0.25) is 0 Å². The molecule has 2 nitrogen and oxygen atoms in total. The van der Waals surface area contributed by atoms with Crippen LogP contribution in [-0.4, -0.2) is 6.04 Å². The molecule has 17 heavy (non-hydrogen) atoms. The SMILES string of the molecule is Cc1cccc(CNC2CCCCC2C#N)c1. The van der Waals surface area contributed by atoms with Crippen LogP contribution in [0.2, 0.25) is 0 Å². The maximum atomic E-state index is 9.11. The van der Waals surface area contributed by atoms with E-state index in [0.717, 1.165) is 19.4 Å². The summed E-state index contributed by atoms with van der Waals surface area (Å²) in [4.78, 5) is 0. The highest BCUT2D eigenvalue weighted by Gasteiger charge is 2.23. The van der Waals surface area contributed by atoms with E-state index in [9.17, 15) is 0 Å². The summed E-state index contributed by atoms with van der Waals surface area (Å²) in [5.41, 5.74) is 2.61. The fourth-order valence-electron chi connectivity index (χ4n) is 2.60. The zero-order valence-corrected chi connectivity index (χ0v) is 10.4. The van der Waals surface area contributed by atoms with Crippen molar-refractivity contribution in [3.63, 3.8) is 0 Å². The summed E-state index contributed by atoms with van der Waals surface area (Å²) in [6.07, 6.45) is 4.66. The Morgan fingerprint density at radius 3 is 2.94 bits per heavy atom. The molecule has 1 saturated carbocycles. The highest BCUT2D eigenvalue weighted by Crippen LogP contribution is 2.24. The van der Waals surface area contributed by atoms with Gasteiger partial charge in [-0.3, -0.25) is 0 Å². The molecule has 1 fully saturated rings. The second kappa shape index (κ2) is 5.84. The number of hydrogen-bond donors (Lipinski definition) is 1. The maximum absolute atomic E-state index is 9.11. The van der Waals surface area contributed by atoms with Crippen LogP contribution in [0.15, 0.2) is 24.3 Å². The van der Waals surface area contributed by atoms with Gasteiger partial charge in [0, 0.05) is 12.6 Å². The molecule has 2 heteroatoms. The van der Waals surface area contributed by atoms with Gasteiger partial charge < -0.3 is 5.32 Å². The first kappa shape index (κ1) is 12.1. The largest absolute Gasteiger partial charge is 0.309 e. The summed E-state index contributed by atoms with van der Waals surface area (Å²) in [6.45, 7) is 2.99.